The number of aromatic amines is 1. The van der Waals surface area contributed by atoms with Gasteiger partial charge in [-0.3, -0.25) is 9.89 Å². The molecule has 27 heavy (non-hydrogen) atoms. The molecule has 3 aromatic rings. The maximum Gasteiger partial charge on any atom is 0.237 e. The van der Waals surface area contributed by atoms with Gasteiger partial charge in [-0.1, -0.05) is 18.7 Å². The highest BCUT2D eigenvalue weighted by Crippen LogP contribution is 2.24. The van der Waals surface area contributed by atoms with Gasteiger partial charge in [0, 0.05) is 5.69 Å². The van der Waals surface area contributed by atoms with Crippen molar-refractivity contribution in [3.8, 4) is 0 Å². The standard InChI is InChI=1S/C19H19FN4O2S/c1-3-16(18(25)21-14-7-5-13(20)6-8-14)27-19-22-17(23-24-19)11-10-15-9-4-12(2)26-15/h4-11,16H,3H2,1-2H3,(H,21,25)(H,22,23,24)/b11-10+. The first-order chi connectivity index (χ1) is 13.0. The second kappa shape index (κ2) is 8.68. The van der Waals surface area contributed by atoms with Crippen molar-refractivity contribution < 1.29 is 13.6 Å². The number of nitrogens with zero attached hydrogens (tertiary/aromatic N) is 2. The molecule has 2 aromatic heterocycles. The van der Waals surface area contributed by atoms with Gasteiger partial charge in [-0.25, -0.2) is 9.37 Å². The molecular formula is C19H19FN4O2S. The van der Waals surface area contributed by atoms with Crippen LogP contribution in [0.25, 0.3) is 12.2 Å². The van der Waals surface area contributed by atoms with Crippen LogP contribution in [0.4, 0.5) is 10.1 Å². The number of halogens is 1. The zero-order chi connectivity index (χ0) is 19.2. The Bertz CT molecular complexity index is 933. The molecule has 0 aliphatic carbocycles. The third-order valence-electron chi connectivity index (χ3n) is 3.67. The van der Waals surface area contributed by atoms with E-state index in [9.17, 15) is 9.18 Å². The predicted octanol–water partition coefficient (Wildman–Crippen LogP) is 4.53. The second-order valence-electron chi connectivity index (χ2n) is 5.80. The molecule has 0 bridgehead atoms. The summed E-state index contributed by atoms with van der Waals surface area (Å²) < 4.78 is 18.4. The fourth-order valence-electron chi connectivity index (χ4n) is 2.29. The van der Waals surface area contributed by atoms with Crippen LogP contribution in [0.5, 0.6) is 0 Å². The summed E-state index contributed by atoms with van der Waals surface area (Å²) in [4.78, 5) is 16.8. The summed E-state index contributed by atoms with van der Waals surface area (Å²) in [5.41, 5.74) is 0.549. The van der Waals surface area contributed by atoms with Crippen LogP contribution < -0.4 is 5.32 Å². The van der Waals surface area contributed by atoms with Crippen molar-refractivity contribution in [2.75, 3.05) is 5.32 Å². The summed E-state index contributed by atoms with van der Waals surface area (Å²) in [5, 5.41) is 9.85. The minimum Gasteiger partial charge on any atom is -0.462 e. The number of thioether (sulfide) groups is 1. The van der Waals surface area contributed by atoms with Crippen molar-refractivity contribution in [3.05, 3.63) is 59.6 Å². The SMILES string of the molecule is CCC(Sc1n[nH]c(/C=C/c2ccc(C)o2)n1)C(=O)Nc1ccc(F)cc1. The Morgan fingerprint density at radius 1 is 1.30 bits per heavy atom. The van der Waals surface area contributed by atoms with E-state index < -0.39 is 0 Å². The third kappa shape index (κ3) is 5.30. The molecule has 0 aliphatic rings. The molecule has 3 rings (SSSR count). The van der Waals surface area contributed by atoms with Crippen molar-refractivity contribution in [2.45, 2.75) is 30.7 Å². The van der Waals surface area contributed by atoms with Gasteiger partial charge in [0.05, 0.1) is 5.25 Å². The van der Waals surface area contributed by atoms with Gasteiger partial charge in [0.15, 0.2) is 0 Å². The second-order valence-corrected chi connectivity index (χ2v) is 6.97. The van der Waals surface area contributed by atoms with Gasteiger partial charge in [0.1, 0.15) is 23.2 Å². The van der Waals surface area contributed by atoms with E-state index in [0.29, 0.717) is 23.1 Å². The van der Waals surface area contributed by atoms with Crippen molar-refractivity contribution in [1.29, 1.82) is 0 Å². The van der Waals surface area contributed by atoms with E-state index >= 15 is 0 Å². The quantitative estimate of drug-likeness (QED) is 0.583. The van der Waals surface area contributed by atoms with Gasteiger partial charge in [-0.05, 0) is 61.9 Å². The molecule has 1 aromatic carbocycles. The van der Waals surface area contributed by atoms with Gasteiger partial charge < -0.3 is 9.73 Å². The minimum absolute atomic E-state index is 0.179. The molecule has 0 radical (unpaired) electrons. The van der Waals surface area contributed by atoms with Crippen LogP contribution in [-0.2, 0) is 4.79 Å². The van der Waals surface area contributed by atoms with Crippen LogP contribution in [-0.4, -0.2) is 26.3 Å². The summed E-state index contributed by atoms with van der Waals surface area (Å²) in [6.07, 6.45) is 4.15. The lowest BCUT2D eigenvalue weighted by Crippen LogP contribution is -2.24. The monoisotopic (exact) mass is 386 g/mol. The molecule has 1 amide bonds. The van der Waals surface area contributed by atoms with E-state index in [1.54, 1.807) is 12.2 Å². The highest BCUT2D eigenvalue weighted by molar-refractivity contribution is 8.00. The Labute approximate surface area is 160 Å². The summed E-state index contributed by atoms with van der Waals surface area (Å²) in [5.74, 6) is 1.60. The first-order valence-electron chi connectivity index (χ1n) is 8.43. The largest absolute Gasteiger partial charge is 0.462 e. The number of hydrogen-bond acceptors (Lipinski definition) is 5. The van der Waals surface area contributed by atoms with Crippen LogP contribution in [0.1, 0.15) is 30.7 Å². The molecule has 0 fully saturated rings. The fraction of sp³-hybridized carbons (Fsp3) is 0.211. The number of carbonyl (C=O) groups excluding carboxylic acids is 1. The molecule has 1 atom stereocenters. The number of H-pyrrole nitrogens is 1. The number of nitrogens with one attached hydrogen (secondary N) is 2. The highest BCUT2D eigenvalue weighted by Gasteiger charge is 2.20. The molecule has 2 N–H and O–H groups in total. The normalized spacial score (nSPS) is 12.4. The first-order valence-corrected chi connectivity index (χ1v) is 9.31. The van der Waals surface area contributed by atoms with Gasteiger partial charge >= 0.3 is 0 Å². The number of rotatable bonds is 7. The van der Waals surface area contributed by atoms with E-state index in [0.717, 1.165) is 11.5 Å². The lowest BCUT2D eigenvalue weighted by atomic mass is 10.2. The van der Waals surface area contributed by atoms with Crippen molar-refractivity contribution >= 4 is 35.5 Å². The van der Waals surface area contributed by atoms with Crippen LogP contribution in [0.2, 0.25) is 0 Å². The highest BCUT2D eigenvalue weighted by atomic mass is 32.2. The number of benzene rings is 1. The Hall–Kier alpha value is -2.87. The van der Waals surface area contributed by atoms with E-state index in [1.807, 2.05) is 26.0 Å². The van der Waals surface area contributed by atoms with Gasteiger partial charge in [0.25, 0.3) is 0 Å². The van der Waals surface area contributed by atoms with Crippen LogP contribution in [0, 0.1) is 12.7 Å². The van der Waals surface area contributed by atoms with Crippen molar-refractivity contribution in [1.82, 2.24) is 15.2 Å². The molecule has 8 heteroatoms. The summed E-state index contributed by atoms with van der Waals surface area (Å²) in [6.45, 7) is 3.79. The van der Waals surface area contributed by atoms with Crippen molar-refractivity contribution in [2.24, 2.45) is 0 Å². The Kier molecular flexibility index (Phi) is 6.08. The Morgan fingerprint density at radius 3 is 2.74 bits per heavy atom. The predicted molar refractivity (Wildman–Crippen MR) is 104 cm³/mol. The summed E-state index contributed by atoms with van der Waals surface area (Å²) in [7, 11) is 0. The van der Waals surface area contributed by atoms with Crippen LogP contribution >= 0.6 is 11.8 Å². The maximum atomic E-state index is 13.0. The smallest absolute Gasteiger partial charge is 0.237 e. The number of furan rings is 1. The van der Waals surface area contributed by atoms with E-state index in [4.69, 9.17) is 4.42 Å². The minimum atomic E-state index is -0.365. The first kappa shape index (κ1) is 18.9. The topological polar surface area (TPSA) is 83.8 Å². The lowest BCUT2D eigenvalue weighted by molar-refractivity contribution is -0.115. The fourth-order valence-corrected chi connectivity index (χ4v) is 3.13. The molecule has 140 valence electrons. The summed E-state index contributed by atoms with van der Waals surface area (Å²) in [6, 6.07) is 9.40. The zero-order valence-electron chi connectivity index (χ0n) is 14.9. The molecule has 1 unspecified atom stereocenters. The average molecular weight is 386 g/mol. The molecular weight excluding hydrogens is 367 g/mol. The number of aryl methyl sites for hydroxylation is 1. The van der Waals surface area contributed by atoms with E-state index in [-0.39, 0.29) is 17.0 Å². The maximum absolute atomic E-state index is 13.0. The Morgan fingerprint density at radius 2 is 2.07 bits per heavy atom. The third-order valence-corrected chi connectivity index (χ3v) is 4.90. The molecule has 0 spiro atoms. The van der Waals surface area contributed by atoms with Crippen molar-refractivity contribution in [3.63, 3.8) is 0 Å². The number of anilines is 1. The average Bonchev–Trinajstić information content (AvgIpc) is 3.28. The van der Waals surface area contributed by atoms with Gasteiger partial charge in [-0.2, -0.15) is 0 Å². The number of amides is 1. The number of carbonyl (C=O) groups is 1. The molecule has 0 aliphatic heterocycles. The Balaban J connectivity index is 1.60. The van der Waals surface area contributed by atoms with E-state index in [1.165, 1.54) is 36.0 Å². The lowest BCUT2D eigenvalue weighted by Gasteiger charge is -2.12. The molecule has 6 nitrogen and oxygen atoms in total. The van der Waals surface area contributed by atoms with Crippen LogP contribution in [0.15, 0.2) is 46.0 Å². The van der Waals surface area contributed by atoms with Gasteiger partial charge in [0.2, 0.25) is 11.1 Å². The van der Waals surface area contributed by atoms with Crippen LogP contribution in [0.3, 0.4) is 0 Å². The molecule has 0 saturated heterocycles. The molecule has 2 heterocycles. The number of aromatic nitrogens is 3. The van der Waals surface area contributed by atoms with Gasteiger partial charge in [-0.15, -0.1) is 5.10 Å². The molecule has 0 saturated carbocycles. The zero-order valence-corrected chi connectivity index (χ0v) is 15.7. The van der Waals surface area contributed by atoms with E-state index in [2.05, 4.69) is 20.5 Å². The number of hydrogen-bond donors (Lipinski definition) is 2. The summed E-state index contributed by atoms with van der Waals surface area (Å²) >= 11 is 1.27.